The topological polar surface area (TPSA) is 84.9 Å². The Kier molecular flexibility index (Phi) is 6.24. The molecule has 0 bridgehead atoms. The zero-order valence-corrected chi connectivity index (χ0v) is 18.9. The van der Waals surface area contributed by atoms with Crippen LogP contribution < -0.4 is 14.2 Å². The van der Waals surface area contributed by atoms with Crippen LogP contribution in [0.15, 0.2) is 71.6 Å². The highest BCUT2D eigenvalue weighted by molar-refractivity contribution is 7.92. The number of benzene rings is 3. The first-order chi connectivity index (χ1) is 15.7. The summed E-state index contributed by atoms with van der Waals surface area (Å²) in [5.41, 5.74) is 1.12. The predicted molar refractivity (Wildman–Crippen MR) is 122 cm³/mol. The maximum absolute atomic E-state index is 13.1. The van der Waals surface area contributed by atoms with Crippen molar-refractivity contribution >= 4 is 21.6 Å². The van der Waals surface area contributed by atoms with Crippen LogP contribution in [0, 0.1) is 12.7 Å². The van der Waals surface area contributed by atoms with Crippen LogP contribution in [0.5, 0.6) is 11.5 Å². The molecule has 0 aromatic heterocycles. The lowest BCUT2D eigenvalue weighted by Gasteiger charge is -2.29. The van der Waals surface area contributed by atoms with E-state index in [0.717, 1.165) is 12.1 Å². The second-order valence-corrected chi connectivity index (χ2v) is 9.45. The number of nitrogens with one attached hydrogen (secondary N) is 1. The Morgan fingerprint density at radius 3 is 2.52 bits per heavy atom. The second kappa shape index (κ2) is 9.11. The van der Waals surface area contributed by atoms with Crippen molar-refractivity contribution in [3.8, 4) is 11.5 Å². The fourth-order valence-corrected chi connectivity index (χ4v) is 4.56. The Morgan fingerprint density at radius 1 is 1.09 bits per heavy atom. The zero-order valence-electron chi connectivity index (χ0n) is 18.1. The number of rotatable bonds is 6. The Bertz CT molecular complexity index is 1280. The number of aryl methyl sites for hydroxylation is 1. The first-order valence-corrected chi connectivity index (χ1v) is 11.7. The Hall–Kier alpha value is -3.59. The second-order valence-electron chi connectivity index (χ2n) is 7.77. The van der Waals surface area contributed by atoms with Crippen LogP contribution in [0.3, 0.4) is 0 Å². The molecule has 0 spiro atoms. The van der Waals surface area contributed by atoms with E-state index >= 15 is 0 Å². The van der Waals surface area contributed by atoms with Crippen molar-refractivity contribution in [1.82, 2.24) is 4.90 Å². The molecule has 1 aliphatic heterocycles. The van der Waals surface area contributed by atoms with Gasteiger partial charge in [0.05, 0.1) is 11.4 Å². The van der Waals surface area contributed by atoms with Gasteiger partial charge in [0.15, 0.2) is 17.6 Å². The maximum atomic E-state index is 13.1. The van der Waals surface area contributed by atoms with Crippen molar-refractivity contribution < 1.29 is 27.1 Å². The van der Waals surface area contributed by atoms with E-state index in [1.807, 2.05) is 18.2 Å². The van der Waals surface area contributed by atoms with Gasteiger partial charge < -0.3 is 14.4 Å². The van der Waals surface area contributed by atoms with Gasteiger partial charge in [-0.15, -0.1) is 0 Å². The summed E-state index contributed by atoms with van der Waals surface area (Å²) in [4.78, 5) is 14.5. The van der Waals surface area contributed by atoms with Crippen molar-refractivity contribution in [1.29, 1.82) is 0 Å². The van der Waals surface area contributed by atoms with Crippen molar-refractivity contribution in [2.45, 2.75) is 17.9 Å². The molecule has 3 aromatic carbocycles. The molecule has 1 amide bonds. The predicted octanol–water partition coefficient (Wildman–Crippen LogP) is 3.85. The molecule has 1 heterocycles. The molecule has 33 heavy (non-hydrogen) atoms. The van der Waals surface area contributed by atoms with E-state index in [1.165, 1.54) is 29.2 Å². The van der Waals surface area contributed by atoms with Crippen LogP contribution in [0.25, 0.3) is 0 Å². The summed E-state index contributed by atoms with van der Waals surface area (Å²) in [6, 6.07) is 16.6. The van der Waals surface area contributed by atoms with Crippen LogP contribution in [-0.2, 0) is 10.0 Å². The summed E-state index contributed by atoms with van der Waals surface area (Å²) in [6.45, 7) is 2.29. The lowest BCUT2D eigenvalue weighted by molar-refractivity contribution is 0.0520. The minimum absolute atomic E-state index is 0.0691. The number of halogens is 1. The van der Waals surface area contributed by atoms with Crippen molar-refractivity contribution in [3.63, 3.8) is 0 Å². The molecule has 172 valence electrons. The van der Waals surface area contributed by atoms with Crippen LogP contribution in [0.1, 0.15) is 15.9 Å². The van der Waals surface area contributed by atoms with Gasteiger partial charge in [-0.1, -0.05) is 18.2 Å². The van der Waals surface area contributed by atoms with Crippen molar-refractivity contribution in [2.75, 3.05) is 24.9 Å². The maximum Gasteiger partial charge on any atom is 0.261 e. The highest BCUT2D eigenvalue weighted by Crippen LogP contribution is 2.31. The number of fused-ring (bicyclic) bond motifs is 1. The zero-order chi connectivity index (χ0) is 23.6. The Morgan fingerprint density at radius 2 is 1.79 bits per heavy atom. The number of carbonyl (C=O) groups is 1. The van der Waals surface area contributed by atoms with Gasteiger partial charge >= 0.3 is 0 Å². The standard InChI is InChI=1S/C24H23FN2O5S/c1-16-7-12-20(33(29,30)26-18-10-8-17(25)9-11-18)13-21(16)24(28)27(2)14-19-15-31-22-5-3-4-6-23(22)32-19/h3-13,19,26H,14-15H2,1-2H3. The van der Waals surface area contributed by atoms with Crippen LogP contribution in [-0.4, -0.2) is 45.5 Å². The van der Waals surface area contributed by atoms with E-state index < -0.39 is 15.8 Å². The minimum Gasteiger partial charge on any atom is -0.486 e. The van der Waals surface area contributed by atoms with E-state index in [9.17, 15) is 17.6 Å². The third-order valence-corrected chi connectivity index (χ3v) is 6.62. The number of nitrogens with zero attached hydrogens (tertiary/aromatic N) is 1. The van der Waals surface area contributed by atoms with E-state index in [4.69, 9.17) is 9.47 Å². The molecule has 1 atom stereocenters. The first-order valence-electron chi connectivity index (χ1n) is 10.3. The van der Waals surface area contributed by atoms with Gasteiger partial charge in [-0.25, -0.2) is 12.8 Å². The van der Waals surface area contributed by atoms with Crippen molar-refractivity contribution in [3.05, 3.63) is 83.7 Å². The molecule has 4 rings (SSSR count). The Balaban J connectivity index is 1.49. The van der Waals surface area contributed by atoms with E-state index in [0.29, 0.717) is 23.7 Å². The smallest absolute Gasteiger partial charge is 0.261 e. The number of anilines is 1. The Labute approximate surface area is 191 Å². The lowest BCUT2D eigenvalue weighted by Crippen LogP contribution is -2.42. The summed E-state index contributed by atoms with van der Waals surface area (Å²) in [7, 11) is -2.34. The van der Waals surface area contributed by atoms with Gasteiger partial charge in [0.1, 0.15) is 12.4 Å². The van der Waals surface area contributed by atoms with Crippen LogP contribution in [0.2, 0.25) is 0 Å². The molecule has 0 saturated carbocycles. The molecule has 0 aliphatic carbocycles. The molecule has 9 heteroatoms. The highest BCUT2D eigenvalue weighted by atomic mass is 32.2. The summed E-state index contributed by atoms with van der Waals surface area (Å²) in [6.07, 6.45) is -0.360. The number of hydrogen-bond acceptors (Lipinski definition) is 5. The highest BCUT2D eigenvalue weighted by Gasteiger charge is 2.26. The van der Waals surface area contributed by atoms with E-state index in [1.54, 1.807) is 26.1 Å². The monoisotopic (exact) mass is 470 g/mol. The quantitative estimate of drug-likeness (QED) is 0.592. The molecule has 0 radical (unpaired) electrons. The molecular formula is C24H23FN2O5S. The third-order valence-electron chi connectivity index (χ3n) is 5.24. The summed E-state index contributed by atoms with van der Waals surface area (Å²) < 4.78 is 52.7. The lowest BCUT2D eigenvalue weighted by atomic mass is 10.1. The molecule has 1 N–H and O–H groups in total. The van der Waals surface area contributed by atoms with E-state index in [2.05, 4.69) is 4.72 Å². The van der Waals surface area contributed by atoms with Gasteiger partial charge in [0.2, 0.25) is 0 Å². The fraction of sp³-hybridized carbons (Fsp3) is 0.208. The van der Waals surface area contributed by atoms with Gasteiger partial charge in [0.25, 0.3) is 15.9 Å². The first kappa shape index (κ1) is 22.6. The fourth-order valence-electron chi connectivity index (χ4n) is 3.48. The molecule has 0 saturated heterocycles. The summed E-state index contributed by atoms with van der Waals surface area (Å²) >= 11 is 0. The number of carbonyl (C=O) groups excluding carboxylic acids is 1. The SMILES string of the molecule is Cc1ccc(S(=O)(=O)Nc2ccc(F)cc2)cc1C(=O)N(C)CC1COc2ccccc2O1. The summed E-state index contributed by atoms with van der Waals surface area (Å²) in [5.74, 6) is 0.463. The number of amides is 1. The van der Waals surface area contributed by atoms with Crippen LogP contribution >= 0.6 is 0 Å². The summed E-state index contributed by atoms with van der Waals surface area (Å²) in [5, 5.41) is 0. The molecule has 7 nitrogen and oxygen atoms in total. The normalized spacial score (nSPS) is 15.1. The number of para-hydroxylation sites is 2. The molecule has 1 unspecified atom stereocenters. The number of hydrogen-bond donors (Lipinski definition) is 1. The van der Waals surface area contributed by atoms with Crippen molar-refractivity contribution in [2.24, 2.45) is 0 Å². The largest absolute Gasteiger partial charge is 0.486 e. The number of sulfonamides is 1. The minimum atomic E-state index is -3.97. The van der Waals surface area contributed by atoms with Gasteiger partial charge in [0, 0.05) is 18.3 Å². The average Bonchev–Trinajstić information content (AvgIpc) is 2.80. The van der Waals surface area contributed by atoms with E-state index in [-0.39, 0.29) is 34.7 Å². The third kappa shape index (κ3) is 5.09. The number of ether oxygens (including phenoxy) is 2. The average molecular weight is 471 g/mol. The molecule has 1 aliphatic rings. The van der Waals surface area contributed by atoms with Gasteiger partial charge in [-0.2, -0.15) is 0 Å². The molecule has 3 aromatic rings. The van der Waals surface area contributed by atoms with Gasteiger partial charge in [-0.3, -0.25) is 9.52 Å². The molecule has 0 fully saturated rings. The van der Waals surface area contributed by atoms with Crippen LogP contribution in [0.4, 0.5) is 10.1 Å². The molecular weight excluding hydrogens is 447 g/mol. The number of likely N-dealkylation sites (N-methyl/N-ethyl adjacent to an activating group) is 1. The van der Waals surface area contributed by atoms with Gasteiger partial charge in [-0.05, 0) is 61.0 Å².